The Morgan fingerprint density at radius 3 is 2.25 bits per heavy atom. The molecule has 0 bridgehead atoms. The van der Waals surface area contributed by atoms with Crippen LogP contribution in [0.4, 0.5) is 0 Å². The summed E-state index contributed by atoms with van der Waals surface area (Å²) in [7, 11) is 1.68. The summed E-state index contributed by atoms with van der Waals surface area (Å²) in [6.45, 7) is 8.77. The van der Waals surface area contributed by atoms with E-state index >= 15 is 0 Å². The molecule has 3 atom stereocenters. The maximum atomic E-state index is 12.5. The van der Waals surface area contributed by atoms with Crippen LogP contribution < -0.4 is 21.3 Å². The summed E-state index contributed by atoms with van der Waals surface area (Å²) in [4.78, 5) is 36.8. The van der Waals surface area contributed by atoms with Crippen LogP contribution in [-0.2, 0) is 14.4 Å². The number of rotatable bonds is 5. The predicted molar refractivity (Wildman–Crippen MR) is 95.9 cm³/mol. The van der Waals surface area contributed by atoms with Crippen molar-refractivity contribution in [2.75, 3.05) is 20.1 Å². The zero-order chi connectivity index (χ0) is 17.6. The topological polar surface area (TPSA) is 99.3 Å². The van der Waals surface area contributed by atoms with E-state index in [2.05, 4.69) is 21.3 Å². The molecular formula is C16H31ClN4O3. The molecule has 1 aliphatic rings. The second-order valence-electron chi connectivity index (χ2n) is 7.21. The van der Waals surface area contributed by atoms with Gasteiger partial charge in [-0.25, -0.2) is 0 Å². The van der Waals surface area contributed by atoms with Crippen LogP contribution in [0.25, 0.3) is 0 Å². The van der Waals surface area contributed by atoms with Crippen LogP contribution in [-0.4, -0.2) is 49.9 Å². The maximum absolute atomic E-state index is 12.5. The van der Waals surface area contributed by atoms with Crippen molar-refractivity contribution >= 4 is 30.1 Å². The number of hydrogen-bond donors (Lipinski definition) is 4. The lowest BCUT2D eigenvalue weighted by Crippen LogP contribution is -2.58. The normalized spacial score (nSPS) is 20.3. The van der Waals surface area contributed by atoms with Crippen molar-refractivity contribution in [2.45, 2.75) is 52.6 Å². The molecule has 1 rings (SSSR count). The zero-order valence-electron chi connectivity index (χ0n) is 15.2. The quantitative estimate of drug-likeness (QED) is 0.559. The van der Waals surface area contributed by atoms with Gasteiger partial charge in [-0.15, -0.1) is 12.4 Å². The highest BCUT2D eigenvalue weighted by molar-refractivity contribution is 6.00. The molecule has 0 spiro atoms. The summed E-state index contributed by atoms with van der Waals surface area (Å²) in [6, 6.07) is -1.18. The number of carbonyl (C=O) groups excluding carboxylic acids is 3. The smallest absolute Gasteiger partial charge is 0.249 e. The Hall–Kier alpha value is -1.18. The Bertz CT molecular complexity index is 445. The van der Waals surface area contributed by atoms with Crippen molar-refractivity contribution in [2.24, 2.45) is 11.3 Å². The number of hydrogen-bond acceptors (Lipinski definition) is 5. The van der Waals surface area contributed by atoms with Gasteiger partial charge in [0.15, 0.2) is 0 Å². The van der Waals surface area contributed by atoms with Gasteiger partial charge < -0.3 is 16.0 Å². The Morgan fingerprint density at radius 1 is 1.17 bits per heavy atom. The fraction of sp³-hybridized carbons (Fsp3) is 0.812. The van der Waals surface area contributed by atoms with Crippen molar-refractivity contribution < 1.29 is 14.4 Å². The van der Waals surface area contributed by atoms with Crippen LogP contribution in [0.1, 0.15) is 40.5 Å². The molecule has 0 saturated carbocycles. The van der Waals surface area contributed by atoms with Gasteiger partial charge >= 0.3 is 0 Å². The van der Waals surface area contributed by atoms with Crippen LogP contribution in [0, 0.1) is 11.3 Å². The van der Waals surface area contributed by atoms with Gasteiger partial charge in [0.1, 0.15) is 6.04 Å². The lowest BCUT2D eigenvalue weighted by atomic mass is 9.85. The van der Waals surface area contributed by atoms with Gasteiger partial charge in [-0.1, -0.05) is 20.8 Å². The molecule has 1 fully saturated rings. The molecule has 1 heterocycles. The fourth-order valence-corrected chi connectivity index (χ4v) is 2.44. The van der Waals surface area contributed by atoms with Gasteiger partial charge in [0.2, 0.25) is 17.7 Å². The summed E-state index contributed by atoms with van der Waals surface area (Å²) in [5.41, 5.74) is -0.502. The fourth-order valence-electron chi connectivity index (χ4n) is 2.44. The number of piperidine rings is 1. The summed E-state index contributed by atoms with van der Waals surface area (Å²) in [5, 5.41) is 11.2. The Labute approximate surface area is 150 Å². The summed E-state index contributed by atoms with van der Waals surface area (Å²) < 4.78 is 0. The molecule has 7 nitrogen and oxygen atoms in total. The second-order valence-corrected chi connectivity index (χ2v) is 7.21. The molecule has 1 saturated heterocycles. The number of amides is 3. The van der Waals surface area contributed by atoms with Gasteiger partial charge in [-0.05, 0) is 38.8 Å². The van der Waals surface area contributed by atoms with Crippen molar-refractivity contribution in [1.82, 2.24) is 21.3 Å². The first kappa shape index (κ1) is 22.8. The standard InChI is InChI=1S/C16H30N4O3.ClH/c1-10(17-5)13(21)19-12(16(2,3)4)15(23)20-14(22)11-7-6-8-18-9-11;/h10-12,17-18H,6-9H2,1-5H3,(H,19,21)(H,20,22,23);1H/t10-,11?,12+;/m0./s1. The van der Waals surface area contributed by atoms with E-state index in [-0.39, 0.29) is 30.1 Å². The van der Waals surface area contributed by atoms with E-state index in [0.29, 0.717) is 6.54 Å². The monoisotopic (exact) mass is 362 g/mol. The molecule has 0 aromatic carbocycles. The molecule has 140 valence electrons. The highest BCUT2D eigenvalue weighted by Gasteiger charge is 2.35. The van der Waals surface area contributed by atoms with Gasteiger partial charge in [-0.3, -0.25) is 19.7 Å². The van der Waals surface area contributed by atoms with E-state index in [0.717, 1.165) is 19.4 Å². The lowest BCUT2D eigenvalue weighted by molar-refractivity contribution is -0.138. The molecule has 24 heavy (non-hydrogen) atoms. The highest BCUT2D eigenvalue weighted by Crippen LogP contribution is 2.20. The predicted octanol–water partition coefficient (Wildman–Crippen LogP) is 0.189. The van der Waals surface area contributed by atoms with E-state index in [1.54, 1.807) is 14.0 Å². The molecule has 0 radical (unpaired) electrons. The molecule has 4 N–H and O–H groups in total. The first-order valence-corrected chi connectivity index (χ1v) is 8.20. The Balaban J connectivity index is 0.00000529. The Kier molecular flexibility index (Phi) is 9.47. The molecule has 8 heteroatoms. The minimum absolute atomic E-state index is 0. The van der Waals surface area contributed by atoms with E-state index in [4.69, 9.17) is 0 Å². The maximum Gasteiger partial charge on any atom is 0.249 e. The molecular weight excluding hydrogens is 332 g/mol. The largest absolute Gasteiger partial charge is 0.342 e. The number of imide groups is 1. The molecule has 0 aliphatic carbocycles. The highest BCUT2D eigenvalue weighted by atomic mass is 35.5. The number of likely N-dealkylation sites (N-methyl/N-ethyl adjacent to an activating group) is 1. The van der Waals surface area contributed by atoms with Crippen LogP contribution >= 0.6 is 12.4 Å². The van der Waals surface area contributed by atoms with Crippen molar-refractivity contribution in [1.29, 1.82) is 0 Å². The number of carbonyl (C=O) groups is 3. The van der Waals surface area contributed by atoms with Crippen molar-refractivity contribution in [3.63, 3.8) is 0 Å². The van der Waals surface area contributed by atoms with Gasteiger partial charge in [-0.2, -0.15) is 0 Å². The third-order valence-corrected chi connectivity index (χ3v) is 4.16. The van der Waals surface area contributed by atoms with E-state index < -0.39 is 23.4 Å². The Morgan fingerprint density at radius 2 is 1.79 bits per heavy atom. The molecule has 0 aromatic heterocycles. The van der Waals surface area contributed by atoms with Crippen molar-refractivity contribution in [3.05, 3.63) is 0 Å². The summed E-state index contributed by atoms with van der Waals surface area (Å²) in [5.74, 6) is -1.19. The van der Waals surface area contributed by atoms with Crippen molar-refractivity contribution in [3.8, 4) is 0 Å². The molecule has 0 aromatic rings. The summed E-state index contributed by atoms with van der Waals surface area (Å²) in [6.07, 6.45) is 1.70. The third-order valence-electron chi connectivity index (χ3n) is 4.16. The van der Waals surface area contributed by atoms with Gasteiger partial charge in [0.05, 0.1) is 12.0 Å². The number of halogens is 1. The summed E-state index contributed by atoms with van der Waals surface area (Å²) >= 11 is 0. The zero-order valence-corrected chi connectivity index (χ0v) is 16.0. The molecule has 1 aliphatic heterocycles. The molecule has 1 unspecified atom stereocenters. The number of nitrogens with one attached hydrogen (secondary N) is 4. The van der Waals surface area contributed by atoms with Crippen LogP contribution in [0.2, 0.25) is 0 Å². The van der Waals surface area contributed by atoms with Gasteiger partial charge in [0, 0.05) is 6.54 Å². The average Bonchev–Trinajstić information content (AvgIpc) is 2.50. The minimum Gasteiger partial charge on any atom is -0.342 e. The molecule has 3 amide bonds. The SMILES string of the molecule is CN[C@@H](C)C(=O)N[C@H](C(=O)NC(=O)C1CCCNC1)C(C)(C)C.Cl. The first-order chi connectivity index (χ1) is 10.7. The first-order valence-electron chi connectivity index (χ1n) is 8.20. The van der Waals surface area contributed by atoms with Gasteiger partial charge in [0.25, 0.3) is 0 Å². The van der Waals surface area contributed by atoms with E-state index in [1.807, 2.05) is 20.8 Å². The second kappa shape index (κ2) is 9.96. The van der Waals surface area contributed by atoms with Crippen LogP contribution in [0.3, 0.4) is 0 Å². The van der Waals surface area contributed by atoms with E-state index in [1.165, 1.54) is 0 Å². The van der Waals surface area contributed by atoms with Crippen LogP contribution in [0.5, 0.6) is 0 Å². The average molecular weight is 363 g/mol. The lowest BCUT2D eigenvalue weighted by Gasteiger charge is -2.31. The third kappa shape index (κ3) is 6.75. The van der Waals surface area contributed by atoms with Crippen LogP contribution in [0.15, 0.2) is 0 Å². The van der Waals surface area contributed by atoms with E-state index in [9.17, 15) is 14.4 Å². The minimum atomic E-state index is -0.772.